The van der Waals surface area contributed by atoms with Gasteiger partial charge < -0.3 is 10.2 Å². The van der Waals surface area contributed by atoms with Gasteiger partial charge in [0.05, 0.1) is 25.0 Å². The Morgan fingerprint density at radius 1 is 0.875 bits per heavy atom. The maximum Gasteiger partial charge on any atom is 0.307 e. The molecule has 0 aliphatic heterocycles. The largest absolute Gasteiger partial charge is 0.481 e. The topological polar surface area (TPSA) is 134 Å². The van der Waals surface area contributed by atoms with Gasteiger partial charge in [0.15, 0.2) is 0 Å². The van der Waals surface area contributed by atoms with Crippen molar-refractivity contribution in [3.8, 4) is 0 Å². The van der Waals surface area contributed by atoms with E-state index < -0.39 is 35.6 Å². The van der Waals surface area contributed by atoms with Crippen LogP contribution in [0.2, 0.25) is 0 Å². The van der Waals surface area contributed by atoms with Crippen LogP contribution in [-0.2, 0) is 19.4 Å². The molecule has 8 nitrogen and oxygen atoms in total. The molecule has 0 amide bonds. The molecule has 0 spiro atoms. The molecule has 0 radical (unpaired) electrons. The molecule has 4 unspecified atom stereocenters. The Morgan fingerprint density at radius 3 is 1.38 bits per heavy atom. The molecule has 0 saturated heterocycles. The Balaban J connectivity index is 2.80. The Bertz CT molecular complexity index is 249. The fraction of sp³-hybridized carbons (Fsp3) is 0.750. The zero-order valence-corrected chi connectivity index (χ0v) is 8.15. The summed E-state index contributed by atoms with van der Waals surface area (Å²) in [6, 6.07) is 0. The normalized spacial score (nSPS) is 33.1. The van der Waals surface area contributed by atoms with E-state index in [1.807, 2.05) is 0 Å². The summed E-state index contributed by atoms with van der Waals surface area (Å²) in [5.41, 5.74) is 0. The standard InChI is InChI=1S/C8H12O8/c9-7(10)5-3(1-15-13)4(2-16-14)6(5)8(11)12/h3-6,13-14H,1-2H2,(H,9,10)(H,11,12). The quantitative estimate of drug-likeness (QED) is 0.362. The third-order valence-electron chi connectivity index (χ3n) is 2.96. The van der Waals surface area contributed by atoms with Crippen molar-refractivity contribution in [2.75, 3.05) is 13.2 Å². The van der Waals surface area contributed by atoms with Gasteiger partial charge in [-0.3, -0.25) is 20.1 Å². The molecule has 1 aliphatic carbocycles. The fourth-order valence-electron chi connectivity index (χ4n) is 2.22. The summed E-state index contributed by atoms with van der Waals surface area (Å²) in [7, 11) is 0. The Morgan fingerprint density at radius 2 is 1.19 bits per heavy atom. The van der Waals surface area contributed by atoms with Crippen LogP contribution in [0, 0.1) is 23.7 Å². The summed E-state index contributed by atoms with van der Waals surface area (Å²) < 4.78 is 0. The second kappa shape index (κ2) is 5.21. The molecule has 0 bridgehead atoms. The number of carboxylic acid groups (broad SMARTS) is 2. The minimum absolute atomic E-state index is 0.311. The first-order chi connectivity index (χ1) is 7.54. The average Bonchev–Trinajstić information content (AvgIpc) is 2.18. The highest BCUT2D eigenvalue weighted by atomic mass is 17.1. The van der Waals surface area contributed by atoms with Gasteiger partial charge in [-0.05, 0) is 0 Å². The summed E-state index contributed by atoms with van der Waals surface area (Å²) >= 11 is 0. The van der Waals surface area contributed by atoms with Crippen molar-refractivity contribution < 1.29 is 40.1 Å². The number of hydrogen-bond acceptors (Lipinski definition) is 6. The highest BCUT2D eigenvalue weighted by Gasteiger charge is 2.58. The highest BCUT2D eigenvalue weighted by Crippen LogP contribution is 2.46. The zero-order chi connectivity index (χ0) is 12.3. The smallest absolute Gasteiger partial charge is 0.307 e. The van der Waals surface area contributed by atoms with Gasteiger partial charge in [-0.15, -0.1) is 0 Å². The average molecular weight is 236 g/mol. The lowest BCUT2D eigenvalue weighted by atomic mass is 9.57. The molecular weight excluding hydrogens is 224 g/mol. The van der Waals surface area contributed by atoms with Crippen molar-refractivity contribution in [1.82, 2.24) is 0 Å². The van der Waals surface area contributed by atoms with Crippen LogP contribution in [0.4, 0.5) is 0 Å². The first-order valence-electron chi connectivity index (χ1n) is 4.53. The number of hydrogen-bond donors (Lipinski definition) is 4. The van der Waals surface area contributed by atoms with Gasteiger partial charge in [-0.1, -0.05) is 0 Å². The monoisotopic (exact) mass is 236 g/mol. The molecule has 4 atom stereocenters. The SMILES string of the molecule is O=C(O)C1C(COO)C(COO)C1C(=O)O. The molecule has 16 heavy (non-hydrogen) atoms. The first kappa shape index (κ1) is 12.8. The summed E-state index contributed by atoms with van der Waals surface area (Å²) in [6.45, 7) is -0.621. The molecule has 1 saturated carbocycles. The van der Waals surface area contributed by atoms with Crippen LogP contribution in [0.15, 0.2) is 0 Å². The Labute approximate surface area is 89.9 Å². The molecule has 0 aromatic carbocycles. The number of rotatable bonds is 6. The summed E-state index contributed by atoms with van der Waals surface area (Å²) in [5.74, 6) is -6.24. The van der Waals surface area contributed by atoms with Crippen LogP contribution in [0.3, 0.4) is 0 Å². The van der Waals surface area contributed by atoms with E-state index >= 15 is 0 Å². The highest BCUT2D eigenvalue weighted by molar-refractivity contribution is 5.82. The van der Waals surface area contributed by atoms with Gasteiger partial charge in [0, 0.05) is 11.8 Å². The third-order valence-corrected chi connectivity index (χ3v) is 2.96. The Hall–Kier alpha value is -1.22. The summed E-state index contributed by atoms with van der Waals surface area (Å²) in [4.78, 5) is 29.3. The van der Waals surface area contributed by atoms with Crippen LogP contribution in [-0.4, -0.2) is 45.9 Å². The molecule has 0 aromatic heterocycles. The fourth-order valence-corrected chi connectivity index (χ4v) is 2.22. The van der Waals surface area contributed by atoms with Gasteiger partial charge in [0.1, 0.15) is 0 Å². The summed E-state index contributed by atoms with van der Waals surface area (Å²) in [5, 5.41) is 34.2. The van der Waals surface area contributed by atoms with E-state index in [0.717, 1.165) is 0 Å². The van der Waals surface area contributed by atoms with E-state index in [9.17, 15) is 9.59 Å². The second-order valence-electron chi connectivity index (χ2n) is 3.65. The van der Waals surface area contributed by atoms with Crippen molar-refractivity contribution >= 4 is 11.9 Å². The minimum Gasteiger partial charge on any atom is -0.481 e. The van der Waals surface area contributed by atoms with Crippen molar-refractivity contribution in [1.29, 1.82) is 0 Å². The maximum absolute atomic E-state index is 10.8. The van der Waals surface area contributed by atoms with Crippen LogP contribution >= 0.6 is 0 Å². The van der Waals surface area contributed by atoms with Crippen LogP contribution in [0.25, 0.3) is 0 Å². The van der Waals surface area contributed by atoms with Crippen LogP contribution in [0.5, 0.6) is 0 Å². The molecule has 8 heteroatoms. The minimum atomic E-state index is -1.27. The van der Waals surface area contributed by atoms with E-state index in [0.29, 0.717) is 0 Å². The molecule has 92 valence electrons. The molecule has 4 N–H and O–H groups in total. The number of aliphatic carboxylic acids is 2. The van der Waals surface area contributed by atoms with E-state index in [1.54, 1.807) is 0 Å². The van der Waals surface area contributed by atoms with Crippen LogP contribution < -0.4 is 0 Å². The molecule has 0 aromatic rings. The van der Waals surface area contributed by atoms with Crippen molar-refractivity contribution in [2.24, 2.45) is 23.7 Å². The van der Waals surface area contributed by atoms with E-state index in [2.05, 4.69) is 9.78 Å². The molecule has 1 aliphatic rings. The first-order valence-corrected chi connectivity index (χ1v) is 4.53. The Kier molecular flexibility index (Phi) is 4.19. The van der Waals surface area contributed by atoms with E-state index in [4.69, 9.17) is 20.7 Å². The van der Waals surface area contributed by atoms with Gasteiger partial charge in [-0.2, -0.15) is 0 Å². The van der Waals surface area contributed by atoms with Crippen molar-refractivity contribution in [3.63, 3.8) is 0 Å². The predicted molar refractivity (Wildman–Crippen MR) is 46.4 cm³/mol. The third kappa shape index (κ3) is 2.14. The predicted octanol–water partition coefficient (Wildman–Crippen LogP) is -0.387. The summed E-state index contributed by atoms with van der Waals surface area (Å²) in [6.07, 6.45) is 0. The molecular formula is C8H12O8. The van der Waals surface area contributed by atoms with Gasteiger partial charge in [-0.25, -0.2) is 9.78 Å². The van der Waals surface area contributed by atoms with Crippen molar-refractivity contribution in [2.45, 2.75) is 0 Å². The van der Waals surface area contributed by atoms with Gasteiger partial charge in [0.25, 0.3) is 0 Å². The van der Waals surface area contributed by atoms with E-state index in [-0.39, 0.29) is 13.2 Å². The second-order valence-corrected chi connectivity index (χ2v) is 3.65. The molecule has 1 fully saturated rings. The number of carbonyl (C=O) groups is 2. The van der Waals surface area contributed by atoms with E-state index in [1.165, 1.54) is 0 Å². The lowest BCUT2D eigenvalue weighted by Crippen LogP contribution is -2.57. The zero-order valence-electron chi connectivity index (χ0n) is 8.15. The van der Waals surface area contributed by atoms with Crippen LogP contribution in [0.1, 0.15) is 0 Å². The van der Waals surface area contributed by atoms with Crippen molar-refractivity contribution in [3.05, 3.63) is 0 Å². The lowest BCUT2D eigenvalue weighted by Gasteiger charge is -2.46. The molecule has 1 rings (SSSR count). The molecule has 0 heterocycles. The lowest BCUT2D eigenvalue weighted by molar-refractivity contribution is -0.296. The number of carboxylic acids is 2. The van der Waals surface area contributed by atoms with Gasteiger partial charge in [0.2, 0.25) is 0 Å². The maximum atomic E-state index is 10.8. The van der Waals surface area contributed by atoms with Gasteiger partial charge >= 0.3 is 11.9 Å².